The number of para-hydroxylation sites is 1. The molecule has 1 amide bonds. The van der Waals surface area contributed by atoms with E-state index in [1.54, 1.807) is 12.1 Å². The maximum absolute atomic E-state index is 12.4. The molecule has 3 rings (SSSR count). The van der Waals surface area contributed by atoms with Crippen LogP contribution in [0.3, 0.4) is 0 Å². The number of nitrogens with one attached hydrogen (secondary N) is 1. The zero-order valence-electron chi connectivity index (χ0n) is 14.2. The lowest BCUT2D eigenvalue weighted by molar-refractivity contribution is -0.131. The highest BCUT2D eigenvalue weighted by atomic mass is 16.2. The Morgan fingerprint density at radius 3 is 2.32 bits per heavy atom. The number of piperazine rings is 1. The predicted octanol–water partition coefficient (Wildman–Crippen LogP) is 2.71. The average molecular weight is 334 g/mol. The van der Waals surface area contributed by atoms with Gasteiger partial charge in [-0.1, -0.05) is 18.2 Å². The summed E-state index contributed by atoms with van der Waals surface area (Å²) in [7, 11) is 0. The van der Waals surface area contributed by atoms with Gasteiger partial charge in [0.05, 0.1) is 11.6 Å². The van der Waals surface area contributed by atoms with E-state index >= 15 is 0 Å². The van der Waals surface area contributed by atoms with Crippen LogP contribution in [0.5, 0.6) is 0 Å². The number of hydrogen-bond acceptors (Lipinski definition) is 4. The third-order valence-electron chi connectivity index (χ3n) is 4.44. The first-order valence-electron chi connectivity index (χ1n) is 8.58. The molecule has 0 bridgehead atoms. The van der Waals surface area contributed by atoms with Crippen LogP contribution in [-0.2, 0) is 4.79 Å². The molecule has 1 fully saturated rings. The molecular weight excluding hydrogens is 312 g/mol. The molecule has 25 heavy (non-hydrogen) atoms. The van der Waals surface area contributed by atoms with Gasteiger partial charge in [0.2, 0.25) is 5.91 Å². The molecule has 2 aromatic rings. The van der Waals surface area contributed by atoms with Crippen molar-refractivity contribution in [2.24, 2.45) is 0 Å². The van der Waals surface area contributed by atoms with Crippen LogP contribution in [0.25, 0.3) is 0 Å². The minimum atomic E-state index is 0.189. The van der Waals surface area contributed by atoms with Gasteiger partial charge in [0, 0.05) is 50.5 Å². The van der Waals surface area contributed by atoms with Crippen molar-refractivity contribution in [1.29, 1.82) is 5.26 Å². The van der Waals surface area contributed by atoms with Crippen LogP contribution >= 0.6 is 0 Å². The highest BCUT2D eigenvalue weighted by molar-refractivity contribution is 5.77. The third kappa shape index (κ3) is 4.51. The van der Waals surface area contributed by atoms with Crippen molar-refractivity contribution < 1.29 is 4.79 Å². The third-order valence-corrected chi connectivity index (χ3v) is 4.44. The van der Waals surface area contributed by atoms with Crippen molar-refractivity contribution in [2.75, 3.05) is 42.9 Å². The first-order valence-corrected chi connectivity index (χ1v) is 8.58. The minimum Gasteiger partial charge on any atom is -0.385 e. The maximum Gasteiger partial charge on any atom is 0.224 e. The summed E-state index contributed by atoms with van der Waals surface area (Å²) in [5, 5.41) is 12.0. The molecule has 1 heterocycles. The second kappa shape index (κ2) is 8.20. The molecule has 1 saturated heterocycles. The van der Waals surface area contributed by atoms with Gasteiger partial charge in [-0.3, -0.25) is 4.79 Å². The summed E-state index contributed by atoms with van der Waals surface area (Å²) < 4.78 is 0. The van der Waals surface area contributed by atoms with Gasteiger partial charge in [-0.15, -0.1) is 0 Å². The standard InChI is InChI=1S/C20H22N4O/c21-16-17-6-8-18(9-7-17)22-11-10-20(25)24-14-12-23(13-15-24)19-4-2-1-3-5-19/h1-9,22H,10-15H2. The Balaban J connectivity index is 1.41. The van der Waals surface area contributed by atoms with Gasteiger partial charge >= 0.3 is 0 Å². The number of carbonyl (C=O) groups is 1. The summed E-state index contributed by atoms with van der Waals surface area (Å²) in [4.78, 5) is 16.6. The van der Waals surface area contributed by atoms with Gasteiger partial charge in [0.25, 0.3) is 0 Å². The Kier molecular flexibility index (Phi) is 5.53. The fourth-order valence-corrected chi connectivity index (χ4v) is 2.99. The van der Waals surface area contributed by atoms with E-state index in [1.807, 2.05) is 35.2 Å². The van der Waals surface area contributed by atoms with Crippen LogP contribution in [0.1, 0.15) is 12.0 Å². The Morgan fingerprint density at radius 1 is 1.00 bits per heavy atom. The number of anilines is 2. The van der Waals surface area contributed by atoms with Crippen molar-refractivity contribution >= 4 is 17.3 Å². The van der Waals surface area contributed by atoms with Crippen LogP contribution in [0.15, 0.2) is 54.6 Å². The van der Waals surface area contributed by atoms with E-state index in [9.17, 15) is 4.79 Å². The van der Waals surface area contributed by atoms with Crippen molar-refractivity contribution in [1.82, 2.24) is 4.90 Å². The van der Waals surface area contributed by atoms with Crippen molar-refractivity contribution in [3.05, 3.63) is 60.2 Å². The summed E-state index contributed by atoms with van der Waals surface area (Å²) in [5.74, 6) is 0.189. The Bertz CT molecular complexity index is 729. The summed E-state index contributed by atoms with van der Waals surface area (Å²) in [6, 6.07) is 19.7. The first-order chi connectivity index (χ1) is 12.3. The molecule has 0 radical (unpaired) electrons. The van der Waals surface area contributed by atoms with Crippen molar-refractivity contribution in [3.63, 3.8) is 0 Å². The van der Waals surface area contributed by atoms with E-state index in [1.165, 1.54) is 5.69 Å². The van der Waals surface area contributed by atoms with Crippen LogP contribution < -0.4 is 10.2 Å². The molecule has 0 unspecified atom stereocenters. The predicted molar refractivity (Wildman–Crippen MR) is 99.5 cm³/mol. The topological polar surface area (TPSA) is 59.4 Å². The minimum absolute atomic E-state index is 0.189. The molecule has 1 aliphatic rings. The summed E-state index contributed by atoms with van der Waals surface area (Å²) in [5.41, 5.74) is 2.79. The number of carbonyl (C=O) groups excluding carboxylic acids is 1. The highest BCUT2D eigenvalue weighted by Crippen LogP contribution is 2.16. The first kappa shape index (κ1) is 16.8. The van der Waals surface area contributed by atoms with Gasteiger partial charge < -0.3 is 15.1 Å². The molecule has 0 aromatic heterocycles. The van der Waals surface area contributed by atoms with Crippen molar-refractivity contribution in [3.8, 4) is 6.07 Å². The van der Waals surface area contributed by atoms with E-state index in [0.29, 0.717) is 18.5 Å². The van der Waals surface area contributed by atoms with Gasteiger partial charge in [-0.2, -0.15) is 5.26 Å². The quantitative estimate of drug-likeness (QED) is 0.913. The molecular formula is C20H22N4O. The molecule has 1 N–H and O–H groups in total. The fraction of sp³-hybridized carbons (Fsp3) is 0.300. The molecule has 0 saturated carbocycles. The Labute approximate surface area is 148 Å². The van der Waals surface area contributed by atoms with Gasteiger partial charge in [-0.05, 0) is 36.4 Å². The molecule has 0 aliphatic carbocycles. The van der Waals surface area contributed by atoms with E-state index < -0.39 is 0 Å². The number of rotatable bonds is 5. The van der Waals surface area contributed by atoms with Gasteiger partial charge in [0.1, 0.15) is 0 Å². The van der Waals surface area contributed by atoms with Crippen molar-refractivity contribution in [2.45, 2.75) is 6.42 Å². The fourth-order valence-electron chi connectivity index (χ4n) is 2.99. The lowest BCUT2D eigenvalue weighted by Gasteiger charge is -2.36. The summed E-state index contributed by atoms with van der Waals surface area (Å²) in [6.07, 6.45) is 0.478. The number of benzene rings is 2. The van der Waals surface area contributed by atoms with Crippen LogP contribution in [0.2, 0.25) is 0 Å². The number of nitrogens with zero attached hydrogens (tertiary/aromatic N) is 3. The molecule has 5 heteroatoms. The Morgan fingerprint density at radius 2 is 1.68 bits per heavy atom. The molecule has 1 aliphatic heterocycles. The number of nitriles is 1. The largest absolute Gasteiger partial charge is 0.385 e. The number of hydrogen-bond donors (Lipinski definition) is 1. The second-order valence-electron chi connectivity index (χ2n) is 6.07. The second-order valence-corrected chi connectivity index (χ2v) is 6.07. The SMILES string of the molecule is N#Cc1ccc(NCCC(=O)N2CCN(c3ccccc3)CC2)cc1. The normalized spacial score (nSPS) is 14.0. The van der Waals surface area contributed by atoms with Gasteiger partial charge in [-0.25, -0.2) is 0 Å². The van der Waals surface area contributed by atoms with E-state index in [-0.39, 0.29) is 5.91 Å². The summed E-state index contributed by atoms with van der Waals surface area (Å²) >= 11 is 0. The summed E-state index contributed by atoms with van der Waals surface area (Å²) in [6.45, 7) is 3.89. The zero-order valence-corrected chi connectivity index (χ0v) is 14.2. The zero-order chi connectivity index (χ0) is 17.5. The molecule has 0 atom stereocenters. The average Bonchev–Trinajstić information content (AvgIpc) is 2.69. The van der Waals surface area contributed by atoms with E-state index in [2.05, 4.69) is 28.4 Å². The van der Waals surface area contributed by atoms with Gasteiger partial charge in [0.15, 0.2) is 0 Å². The Hall–Kier alpha value is -3.00. The monoisotopic (exact) mass is 334 g/mol. The van der Waals surface area contributed by atoms with Crippen LogP contribution in [0.4, 0.5) is 11.4 Å². The lowest BCUT2D eigenvalue weighted by atomic mass is 10.2. The molecule has 128 valence electrons. The maximum atomic E-state index is 12.4. The van der Waals surface area contributed by atoms with Crippen LogP contribution in [-0.4, -0.2) is 43.5 Å². The van der Waals surface area contributed by atoms with Crippen LogP contribution in [0, 0.1) is 11.3 Å². The highest BCUT2D eigenvalue weighted by Gasteiger charge is 2.20. The molecule has 5 nitrogen and oxygen atoms in total. The van der Waals surface area contributed by atoms with E-state index in [4.69, 9.17) is 5.26 Å². The molecule has 0 spiro atoms. The van der Waals surface area contributed by atoms with E-state index in [0.717, 1.165) is 31.9 Å². The smallest absolute Gasteiger partial charge is 0.224 e. The molecule has 2 aromatic carbocycles. The lowest BCUT2D eigenvalue weighted by Crippen LogP contribution is -2.49. The number of amides is 1.